The number of amides is 3. The van der Waals surface area contributed by atoms with E-state index in [4.69, 9.17) is 31.6 Å². The SMILES string of the molecule is COc1ccc(C2C3C(=O)N(c4ccc(C)c(Cl)c4)C(=O)C3ON2CC(N)=O)cc1OC. The van der Waals surface area contributed by atoms with E-state index in [1.807, 2.05) is 6.92 Å². The van der Waals surface area contributed by atoms with E-state index in [1.54, 1.807) is 36.4 Å². The summed E-state index contributed by atoms with van der Waals surface area (Å²) in [5, 5.41) is 1.72. The number of hydroxylamine groups is 2. The zero-order chi connectivity index (χ0) is 23.2. The predicted octanol–water partition coefficient (Wildman–Crippen LogP) is 2.00. The second kappa shape index (κ2) is 8.42. The first-order chi connectivity index (χ1) is 15.3. The minimum Gasteiger partial charge on any atom is -0.493 e. The van der Waals surface area contributed by atoms with Gasteiger partial charge in [-0.1, -0.05) is 23.7 Å². The number of rotatable bonds is 6. The molecule has 10 heteroatoms. The summed E-state index contributed by atoms with van der Waals surface area (Å²) in [5.41, 5.74) is 7.18. The monoisotopic (exact) mass is 459 g/mol. The van der Waals surface area contributed by atoms with Crippen molar-refractivity contribution in [2.75, 3.05) is 25.7 Å². The summed E-state index contributed by atoms with van der Waals surface area (Å²) in [7, 11) is 3.00. The number of fused-ring (bicyclic) bond motifs is 1. The lowest BCUT2D eigenvalue weighted by molar-refractivity contribution is -0.175. The van der Waals surface area contributed by atoms with Crippen LogP contribution in [0.15, 0.2) is 36.4 Å². The maximum absolute atomic E-state index is 13.5. The Kier molecular flexibility index (Phi) is 5.81. The van der Waals surface area contributed by atoms with Gasteiger partial charge in [-0.3, -0.25) is 19.2 Å². The Hall–Kier alpha value is -3.14. The van der Waals surface area contributed by atoms with E-state index in [-0.39, 0.29) is 6.54 Å². The third-order valence-corrected chi connectivity index (χ3v) is 6.08. The van der Waals surface area contributed by atoms with Crippen LogP contribution in [0.25, 0.3) is 0 Å². The van der Waals surface area contributed by atoms with Crippen LogP contribution in [-0.2, 0) is 19.2 Å². The Balaban J connectivity index is 1.76. The molecule has 4 rings (SSSR count). The molecule has 2 aromatic carbocycles. The van der Waals surface area contributed by atoms with Crippen molar-refractivity contribution in [1.29, 1.82) is 0 Å². The van der Waals surface area contributed by atoms with Crippen LogP contribution >= 0.6 is 11.6 Å². The van der Waals surface area contributed by atoms with E-state index in [2.05, 4.69) is 0 Å². The molecule has 0 spiro atoms. The fraction of sp³-hybridized carbons (Fsp3) is 0.318. The Morgan fingerprint density at radius 2 is 1.81 bits per heavy atom. The normalized spacial score (nSPS) is 22.9. The first kappa shape index (κ1) is 22.1. The summed E-state index contributed by atoms with van der Waals surface area (Å²) < 4.78 is 10.7. The lowest BCUT2D eigenvalue weighted by Crippen LogP contribution is -2.40. The molecule has 2 saturated heterocycles. The number of carbonyl (C=O) groups is 3. The Morgan fingerprint density at radius 3 is 2.44 bits per heavy atom. The van der Waals surface area contributed by atoms with Crippen molar-refractivity contribution in [3.05, 3.63) is 52.5 Å². The molecule has 2 aliphatic rings. The second-order valence-corrected chi connectivity index (χ2v) is 8.01. The van der Waals surface area contributed by atoms with Gasteiger partial charge in [-0.05, 0) is 42.3 Å². The first-order valence-electron chi connectivity index (χ1n) is 9.84. The van der Waals surface area contributed by atoms with Gasteiger partial charge in [0.2, 0.25) is 11.8 Å². The van der Waals surface area contributed by atoms with Gasteiger partial charge in [-0.2, -0.15) is 5.06 Å². The number of primary amides is 1. The van der Waals surface area contributed by atoms with Crippen LogP contribution in [0.5, 0.6) is 11.5 Å². The zero-order valence-corrected chi connectivity index (χ0v) is 18.5. The molecule has 2 fully saturated rings. The van der Waals surface area contributed by atoms with Crippen LogP contribution in [0.3, 0.4) is 0 Å². The number of benzene rings is 2. The highest BCUT2D eigenvalue weighted by molar-refractivity contribution is 6.32. The lowest BCUT2D eigenvalue weighted by Gasteiger charge is -2.26. The second-order valence-electron chi connectivity index (χ2n) is 7.60. The molecule has 0 saturated carbocycles. The number of aryl methyl sites for hydroxylation is 1. The van der Waals surface area contributed by atoms with E-state index in [0.717, 1.165) is 10.5 Å². The van der Waals surface area contributed by atoms with Crippen LogP contribution in [0.4, 0.5) is 5.69 Å². The van der Waals surface area contributed by atoms with Crippen molar-refractivity contribution in [3.8, 4) is 11.5 Å². The van der Waals surface area contributed by atoms with Gasteiger partial charge in [-0.25, -0.2) is 4.90 Å². The zero-order valence-electron chi connectivity index (χ0n) is 17.7. The molecule has 2 heterocycles. The summed E-state index contributed by atoms with van der Waals surface area (Å²) in [6.07, 6.45) is -1.10. The third-order valence-electron chi connectivity index (χ3n) is 5.67. The number of anilines is 1. The molecule has 0 radical (unpaired) electrons. The van der Waals surface area contributed by atoms with Gasteiger partial charge in [0.25, 0.3) is 5.91 Å². The van der Waals surface area contributed by atoms with Gasteiger partial charge in [-0.15, -0.1) is 0 Å². The molecule has 9 nitrogen and oxygen atoms in total. The standard InChI is InChI=1S/C22H22ClN3O6/c1-11-4-6-13(9-14(11)23)26-21(28)18-19(12-5-7-15(30-2)16(8-12)31-3)25(10-17(24)27)32-20(18)22(26)29/h4-9,18-20H,10H2,1-3H3,(H2,24,27). The minimum atomic E-state index is -1.10. The summed E-state index contributed by atoms with van der Waals surface area (Å²) in [6, 6.07) is 9.32. The van der Waals surface area contributed by atoms with E-state index in [0.29, 0.717) is 27.8 Å². The highest BCUT2D eigenvalue weighted by Crippen LogP contribution is 2.47. The molecule has 0 bridgehead atoms. The third kappa shape index (κ3) is 3.58. The molecule has 32 heavy (non-hydrogen) atoms. The molecule has 0 aliphatic carbocycles. The van der Waals surface area contributed by atoms with Crippen molar-refractivity contribution in [2.45, 2.75) is 19.1 Å². The Bertz CT molecular complexity index is 1110. The number of carbonyl (C=O) groups excluding carboxylic acids is 3. The highest BCUT2D eigenvalue weighted by atomic mass is 35.5. The van der Waals surface area contributed by atoms with E-state index in [9.17, 15) is 14.4 Å². The number of nitrogens with zero attached hydrogens (tertiary/aromatic N) is 2. The summed E-state index contributed by atoms with van der Waals surface area (Å²) >= 11 is 6.21. The van der Waals surface area contributed by atoms with E-state index >= 15 is 0 Å². The largest absolute Gasteiger partial charge is 0.493 e. The first-order valence-corrected chi connectivity index (χ1v) is 10.2. The average molecular weight is 460 g/mol. The molecule has 3 atom stereocenters. The molecule has 3 amide bonds. The highest BCUT2D eigenvalue weighted by Gasteiger charge is 2.60. The fourth-order valence-electron chi connectivity index (χ4n) is 4.14. The molecular weight excluding hydrogens is 438 g/mol. The number of methoxy groups -OCH3 is 2. The van der Waals surface area contributed by atoms with Crippen molar-refractivity contribution >= 4 is 35.0 Å². The van der Waals surface area contributed by atoms with Crippen LogP contribution in [0.1, 0.15) is 17.2 Å². The van der Waals surface area contributed by atoms with E-state index < -0.39 is 35.8 Å². The Labute approximate surface area is 189 Å². The molecular formula is C22H22ClN3O6. The van der Waals surface area contributed by atoms with Gasteiger partial charge in [0, 0.05) is 5.02 Å². The summed E-state index contributed by atoms with van der Waals surface area (Å²) in [6.45, 7) is 1.54. The summed E-state index contributed by atoms with van der Waals surface area (Å²) in [5.74, 6) is -1.59. The Morgan fingerprint density at radius 1 is 1.09 bits per heavy atom. The molecule has 168 valence electrons. The van der Waals surface area contributed by atoms with Crippen molar-refractivity contribution in [1.82, 2.24) is 5.06 Å². The van der Waals surface area contributed by atoms with Crippen molar-refractivity contribution in [3.63, 3.8) is 0 Å². The quantitative estimate of drug-likeness (QED) is 0.657. The smallest absolute Gasteiger partial charge is 0.265 e. The number of hydrogen-bond donors (Lipinski definition) is 1. The van der Waals surface area contributed by atoms with Crippen molar-refractivity contribution < 1.29 is 28.7 Å². The fourth-order valence-corrected chi connectivity index (χ4v) is 4.32. The molecule has 0 aromatic heterocycles. The van der Waals surface area contributed by atoms with Gasteiger partial charge in [0.05, 0.1) is 31.9 Å². The van der Waals surface area contributed by atoms with Gasteiger partial charge >= 0.3 is 0 Å². The van der Waals surface area contributed by atoms with Gasteiger partial charge < -0.3 is 15.2 Å². The molecule has 2 aromatic rings. The van der Waals surface area contributed by atoms with E-state index in [1.165, 1.54) is 19.3 Å². The van der Waals surface area contributed by atoms with Crippen LogP contribution < -0.4 is 20.1 Å². The van der Waals surface area contributed by atoms with Crippen LogP contribution in [0.2, 0.25) is 5.02 Å². The lowest BCUT2D eigenvalue weighted by atomic mass is 9.90. The van der Waals surface area contributed by atoms with Crippen molar-refractivity contribution in [2.24, 2.45) is 11.7 Å². The number of ether oxygens (including phenoxy) is 2. The average Bonchev–Trinajstić information content (AvgIpc) is 3.24. The maximum atomic E-state index is 13.5. The topological polar surface area (TPSA) is 111 Å². The molecule has 2 aliphatic heterocycles. The number of nitrogens with two attached hydrogens (primary N) is 1. The maximum Gasteiger partial charge on any atom is 0.265 e. The van der Waals surface area contributed by atoms with Crippen LogP contribution in [-0.4, -0.2) is 49.7 Å². The van der Waals surface area contributed by atoms with Crippen LogP contribution in [0, 0.1) is 12.8 Å². The summed E-state index contributed by atoms with van der Waals surface area (Å²) in [4.78, 5) is 45.2. The minimum absolute atomic E-state index is 0.289. The number of hydrogen-bond acceptors (Lipinski definition) is 7. The number of halogens is 1. The molecule has 3 unspecified atom stereocenters. The van der Waals surface area contributed by atoms with Gasteiger partial charge in [0.1, 0.15) is 6.54 Å². The number of imide groups is 1. The van der Waals surface area contributed by atoms with Gasteiger partial charge in [0.15, 0.2) is 17.6 Å². The molecule has 2 N–H and O–H groups in total. The predicted molar refractivity (Wildman–Crippen MR) is 115 cm³/mol.